The molecule has 2 aromatic rings. The first-order valence-corrected chi connectivity index (χ1v) is 13.1. The Morgan fingerprint density at radius 2 is 1.51 bits per heavy atom. The van der Waals surface area contributed by atoms with Gasteiger partial charge in [0.2, 0.25) is 17.7 Å². The van der Waals surface area contributed by atoms with Crippen LogP contribution in [0.5, 0.6) is 5.75 Å². The maximum absolute atomic E-state index is 13.4. The predicted molar refractivity (Wildman–Crippen MR) is 144 cm³/mol. The summed E-state index contributed by atoms with van der Waals surface area (Å²) in [6, 6.07) is 1.77. The number of imidazole rings is 1. The van der Waals surface area contributed by atoms with Crippen molar-refractivity contribution in [2.75, 3.05) is 0 Å². The number of aromatic amines is 1. The third-order valence-corrected chi connectivity index (χ3v) is 6.96. The molecule has 214 valence electrons. The van der Waals surface area contributed by atoms with Crippen LogP contribution in [0.3, 0.4) is 0 Å². The molecule has 1 aromatic carbocycles. The Morgan fingerprint density at radius 3 is 2.05 bits per heavy atom. The van der Waals surface area contributed by atoms with Gasteiger partial charge in [0, 0.05) is 24.7 Å². The summed E-state index contributed by atoms with van der Waals surface area (Å²) < 4.78 is 0. The number of carboxylic acids is 1. The van der Waals surface area contributed by atoms with Crippen molar-refractivity contribution in [1.82, 2.24) is 25.9 Å². The number of aromatic nitrogens is 2. The second-order valence-corrected chi connectivity index (χ2v) is 9.90. The molecule has 0 aliphatic heterocycles. The number of aliphatic carboxylic acids is 1. The molecule has 0 saturated carbocycles. The molecule has 0 fully saturated rings. The molecule has 1 aromatic heterocycles. The summed E-state index contributed by atoms with van der Waals surface area (Å²) in [5, 5.41) is 27.2. The molecule has 0 radical (unpaired) electrons. The Bertz CT molecular complexity index is 1090. The molecular formula is C27H40N6O6. The second kappa shape index (κ2) is 14.9. The lowest BCUT2D eigenvalue weighted by atomic mass is 9.95. The summed E-state index contributed by atoms with van der Waals surface area (Å²) in [5.41, 5.74) is 7.20. The van der Waals surface area contributed by atoms with Gasteiger partial charge in [-0.05, 0) is 29.5 Å². The molecule has 39 heavy (non-hydrogen) atoms. The average molecular weight is 545 g/mol. The standard InChI is InChI=1S/C27H40N6O6/c1-5-15(3)22(28)25(36)33-23(16(4)6-2)26(37)31-20(12-18-13-29-14-30-18)24(35)32-21(27(38)39)11-17-7-9-19(34)10-8-17/h7-10,13-16,20-23,34H,5-6,11-12,28H2,1-4H3,(H,29,30)(H,31,37)(H,32,35)(H,33,36)(H,38,39). The highest BCUT2D eigenvalue weighted by molar-refractivity contribution is 5.94. The maximum Gasteiger partial charge on any atom is 0.326 e. The molecule has 0 aliphatic rings. The summed E-state index contributed by atoms with van der Waals surface area (Å²) in [7, 11) is 0. The van der Waals surface area contributed by atoms with Crippen molar-refractivity contribution in [1.29, 1.82) is 0 Å². The van der Waals surface area contributed by atoms with Crippen molar-refractivity contribution in [3.05, 3.63) is 48.0 Å². The van der Waals surface area contributed by atoms with Gasteiger partial charge in [-0.15, -0.1) is 0 Å². The smallest absolute Gasteiger partial charge is 0.326 e. The fourth-order valence-corrected chi connectivity index (χ4v) is 3.89. The summed E-state index contributed by atoms with van der Waals surface area (Å²) >= 11 is 0. The highest BCUT2D eigenvalue weighted by Crippen LogP contribution is 2.13. The zero-order valence-electron chi connectivity index (χ0n) is 22.8. The molecule has 0 saturated heterocycles. The number of H-pyrrole nitrogens is 1. The molecule has 8 N–H and O–H groups in total. The number of aromatic hydroxyl groups is 1. The normalized spacial score (nSPS) is 15.7. The number of carboxylic acid groups (broad SMARTS) is 1. The van der Waals surface area contributed by atoms with E-state index in [-0.39, 0.29) is 30.4 Å². The van der Waals surface area contributed by atoms with Crippen LogP contribution in [0.25, 0.3) is 0 Å². The minimum Gasteiger partial charge on any atom is -0.508 e. The number of hydrogen-bond donors (Lipinski definition) is 7. The van der Waals surface area contributed by atoms with Crippen LogP contribution in [0.15, 0.2) is 36.8 Å². The summed E-state index contributed by atoms with van der Waals surface area (Å²) in [4.78, 5) is 58.3. The number of amides is 3. The van der Waals surface area contributed by atoms with E-state index >= 15 is 0 Å². The monoisotopic (exact) mass is 544 g/mol. The van der Waals surface area contributed by atoms with Gasteiger partial charge in [-0.3, -0.25) is 14.4 Å². The number of carbonyl (C=O) groups excluding carboxylic acids is 3. The van der Waals surface area contributed by atoms with Crippen molar-refractivity contribution in [2.24, 2.45) is 17.6 Å². The van der Waals surface area contributed by atoms with E-state index in [9.17, 15) is 29.4 Å². The molecule has 0 spiro atoms. The lowest BCUT2D eigenvalue weighted by Gasteiger charge is -2.28. The number of nitrogens with two attached hydrogens (primary N) is 1. The summed E-state index contributed by atoms with van der Waals surface area (Å²) in [6.07, 6.45) is 4.16. The maximum atomic E-state index is 13.4. The van der Waals surface area contributed by atoms with Gasteiger partial charge in [0.05, 0.1) is 12.4 Å². The van der Waals surface area contributed by atoms with E-state index in [1.807, 2.05) is 20.8 Å². The lowest BCUT2D eigenvalue weighted by Crippen LogP contribution is -2.59. The third-order valence-electron chi connectivity index (χ3n) is 6.96. The Balaban J connectivity index is 2.24. The van der Waals surface area contributed by atoms with Crippen LogP contribution in [0.2, 0.25) is 0 Å². The van der Waals surface area contributed by atoms with E-state index in [0.717, 1.165) is 0 Å². The van der Waals surface area contributed by atoms with Gasteiger partial charge in [-0.1, -0.05) is 52.7 Å². The second-order valence-electron chi connectivity index (χ2n) is 9.90. The van der Waals surface area contributed by atoms with Gasteiger partial charge < -0.3 is 36.9 Å². The van der Waals surface area contributed by atoms with E-state index < -0.39 is 47.9 Å². The zero-order valence-corrected chi connectivity index (χ0v) is 22.8. The first-order chi connectivity index (χ1) is 18.5. The fraction of sp³-hybridized carbons (Fsp3) is 0.519. The Kier molecular flexibility index (Phi) is 11.9. The average Bonchev–Trinajstić information content (AvgIpc) is 3.43. The SMILES string of the molecule is CCC(C)C(N)C(=O)NC(C(=O)NC(Cc1cnc[nH]1)C(=O)NC(Cc1ccc(O)cc1)C(=O)O)C(C)CC. The molecule has 6 unspecified atom stereocenters. The number of carbonyl (C=O) groups is 4. The quantitative estimate of drug-likeness (QED) is 0.171. The Labute approximate surface area is 228 Å². The van der Waals surface area contributed by atoms with Gasteiger partial charge >= 0.3 is 5.97 Å². The molecule has 12 nitrogen and oxygen atoms in total. The van der Waals surface area contributed by atoms with E-state index in [4.69, 9.17) is 5.73 Å². The van der Waals surface area contributed by atoms with Gasteiger partial charge in [0.15, 0.2) is 0 Å². The van der Waals surface area contributed by atoms with Crippen LogP contribution < -0.4 is 21.7 Å². The molecule has 3 amide bonds. The first kappa shape index (κ1) is 31.3. The van der Waals surface area contributed by atoms with E-state index in [0.29, 0.717) is 24.1 Å². The van der Waals surface area contributed by atoms with Crippen LogP contribution in [-0.2, 0) is 32.0 Å². The van der Waals surface area contributed by atoms with Crippen LogP contribution in [0, 0.1) is 11.8 Å². The molecule has 1 heterocycles. The molecule has 0 aliphatic carbocycles. The lowest BCUT2D eigenvalue weighted by molar-refractivity contribution is -0.142. The van der Waals surface area contributed by atoms with Crippen LogP contribution >= 0.6 is 0 Å². The van der Waals surface area contributed by atoms with Gasteiger partial charge in [-0.2, -0.15) is 0 Å². The van der Waals surface area contributed by atoms with Gasteiger partial charge in [0.25, 0.3) is 0 Å². The minimum atomic E-state index is -1.29. The van der Waals surface area contributed by atoms with Crippen molar-refractivity contribution >= 4 is 23.7 Å². The fourth-order valence-electron chi connectivity index (χ4n) is 3.89. The minimum absolute atomic E-state index is 0.0106. The van der Waals surface area contributed by atoms with Crippen LogP contribution in [-0.4, -0.2) is 68.0 Å². The number of nitrogens with zero attached hydrogens (tertiary/aromatic N) is 1. The topological polar surface area (TPSA) is 200 Å². The molecule has 12 heteroatoms. The highest BCUT2D eigenvalue weighted by Gasteiger charge is 2.33. The van der Waals surface area contributed by atoms with Gasteiger partial charge in [-0.25, -0.2) is 9.78 Å². The summed E-state index contributed by atoms with van der Waals surface area (Å²) in [6.45, 7) is 7.45. The van der Waals surface area contributed by atoms with Crippen molar-refractivity contribution < 1.29 is 29.4 Å². The summed E-state index contributed by atoms with van der Waals surface area (Å²) in [5.74, 6) is -3.34. The van der Waals surface area contributed by atoms with Crippen LogP contribution in [0.1, 0.15) is 51.8 Å². The Morgan fingerprint density at radius 1 is 0.897 bits per heavy atom. The van der Waals surface area contributed by atoms with Gasteiger partial charge in [0.1, 0.15) is 23.9 Å². The molecule has 6 atom stereocenters. The molecule has 2 rings (SSSR count). The van der Waals surface area contributed by atoms with Crippen molar-refractivity contribution in [3.8, 4) is 5.75 Å². The number of benzene rings is 1. The van der Waals surface area contributed by atoms with E-state index in [1.54, 1.807) is 19.1 Å². The number of rotatable bonds is 15. The predicted octanol–water partition coefficient (Wildman–Crippen LogP) is 0.859. The van der Waals surface area contributed by atoms with E-state index in [2.05, 4.69) is 25.9 Å². The zero-order chi connectivity index (χ0) is 29.1. The first-order valence-electron chi connectivity index (χ1n) is 13.1. The van der Waals surface area contributed by atoms with Crippen molar-refractivity contribution in [3.63, 3.8) is 0 Å². The number of nitrogens with one attached hydrogen (secondary N) is 4. The van der Waals surface area contributed by atoms with Crippen molar-refractivity contribution in [2.45, 2.75) is 77.5 Å². The Hall–Kier alpha value is -3.93. The molecular weight excluding hydrogens is 504 g/mol. The molecule has 0 bridgehead atoms. The third kappa shape index (κ3) is 9.40. The largest absolute Gasteiger partial charge is 0.508 e. The number of hydrogen-bond acceptors (Lipinski definition) is 7. The number of phenolic OH excluding ortho intramolecular Hbond substituents is 1. The highest BCUT2D eigenvalue weighted by atomic mass is 16.4. The number of phenols is 1. The van der Waals surface area contributed by atoms with E-state index in [1.165, 1.54) is 24.7 Å². The van der Waals surface area contributed by atoms with Crippen LogP contribution in [0.4, 0.5) is 0 Å².